The number of nitrogens with zero attached hydrogens (tertiary/aromatic N) is 2. The first kappa shape index (κ1) is 11.8. The Morgan fingerprint density at radius 3 is 2.22 bits per heavy atom. The molecule has 0 fully saturated rings. The molecule has 1 heterocycles. The summed E-state index contributed by atoms with van der Waals surface area (Å²) in [5.41, 5.74) is 0.981. The molecule has 0 amide bonds. The van der Waals surface area contributed by atoms with Gasteiger partial charge in [0.1, 0.15) is 0 Å². The van der Waals surface area contributed by atoms with Crippen LogP contribution in [0.25, 0.3) is 0 Å². The van der Waals surface area contributed by atoms with Crippen molar-refractivity contribution < 1.29 is 32.7 Å². The van der Waals surface area contributed by atoms with E-state index in [1.54, 1.807) is 6.20 Å². The van der Waals surface area contributed by atoms with Crippen LogP contribution in [0.15, 0.2) is 25.4 Å². The number of aromatic nitrogens is 2. The van der Waals surface area contributed by atoms with Gasteiger partial charge in [0.2, 0.25) is 0 Å². The van der Waals surface area contributed by atoms with Crippen molar-refractivity contribution in [3.8, 4) is 0 Å². The van der Waals surface area contributed by atoms with E-state index in [1.807, 2.05) is 13.0 Å². The summed E-state index contributed by atoms with van der Waals surface area (Å²) in [6, 6.07) is 1.86. The molecule has 0 spiro atoms. The van der Waals surface area contributed by atoms with Crippen LogP contribution in [-0.4, -0.2) is 5.10 Å². The van der Waals surface area contributed by atoms with Crippen LogP contribution in [0.4, 0.5) is 0 Å². The van der Waals surface area contributed by atoms with Gasteiger partial charge in [-0.15, -0.1) is 13.2 Å². The molecule has 2 nitrogen and oxygen atoms in total. The molecule has 0 bridgehead atoms. The zero-order valence-electron chi connectivity index (χ0n) is 5.54. The second-order valence-corrected chi connectivity index (χ2v) is 1.17. The number of hydrogen-bond donors (Lipinski definition) is 0. The molecule has 1 aromatic rings. The maximum Gasteiger partial charge on any atom is 0.0128 e. The molecular weight excluding hydrogens is 189 g/mol. The van der Waals surface area contributed by atoms with Crippen LogP contribution < -0.4 is 5.10 Å². The topological polar surface area (TPSA) is 27.0 Å². The average molecular weight is 198 g/mol. The SMILES string of the molecule is C=C.Cc1cc[n-]n1.[Y]. The molecule has 0 aliphatic carbocycles. The Morgan fingerprint density at radius 1 is 1.56 bits per heavy atom. The number of hydrogen-bond acceptors (Lipinski definition) is 1. The van der Waals surface area contributed by atoms with Crippen molar-refractivity contribution in [2.24, 2.45) is 0 Å². The van der Waals surface area contributed by atoms with Crippen molar-refractivity contribution in [3.63, 3.8) is 0 Å². The van der Waals surface area contributed by atoms with Crippen LogP contribution in [0.1, 0.15) is 5.69 Å². The van der Waals surface area contributed by atoms with E-state index in [2.05, 4.69) is 23.4 Å². The summed E-state index contributed by atoms with van der Waals surface area (Å²) in [7, 11) is 0. The molecule has 0 N–H and O–H groups in total. The van der Waals surface area contributed by atoms with Crippen LogP contribution in [0, 0.1) is 6.92 Å². The Kier molecular flexibility index (Phi) is 10.6. The van der Waals surface area contributed by atoms with Gasteiger partial charge in [-0.2, -0.15) is 6.20 Å². The fourth-order valence-electron chi connectivity index (χ4n) is 0.299. The summed E-state index contributed by atoms with van der Waals surface area (Å²) < 4.78 is 0. The smallest absolute Gasteiger partial charge is 0.0128 e. The molecular formula is C6H9N2Y-. The second-order valence-electron chi connectivity index (χ2n) is 1.17. The average Bonchev–Trinajstić information content (AvgIpc) is 2.24. The van der Waals surface area contributed by atoms with E-state index in [-0.39, 0.29) is 32.7 Å². The van der Waals surface area contributed by atoms with E-state index >= 15 is 0 Å². The van der Waals surface area contributed by atoms with Gasteiger partial charge in [0, 0.05) is 38.4 Å². The van der Waals surface area contributed by atoms with Gasteiger partial charge in [0.05, 0.1) is 0 Å². The number of aryl methyl sites for hydroxylation is 1. The van der Waals surface area contributed by atoms with Crippen molar-refractivity contribution >= 4 is 0 Å². The Balaban J connectivity index is 0. The normalized spacial score (nSPS) is 6.33. The minimum Gasteiger partial charge on any atom is -0.582 e. The maximum absolute atomic E-state index is 3.67. The Morgan fingerprint density at radius 2 is 2.11 bits per heavy atom. The zero-order valence-corrected chi connectivity index (χ0v) is 8.38. The summed E-state index contributed by atoms with van der Waals surface area (Å²) in [4.78, 5) is 0. The first-order chi connectivity index (χ1) is 3.89. The second kappa shape index (κ2) is 8.05. The minimum atomic E-state index is 0. The van der Waals surface area contributed by atoms with Gasteiger partial charge >= 0.3 is 0 Å². The van der Waals surface area contributed by atoms with Gasteiger partial charge in [-0.05, 0) is 6.92 Å². The van der Waals surface area contributed by atoms with Crippen LogP contribution in [0.5, 0.6) is 0 Å². The molecule has 0 unspecified atom stereocenters. The third kappa shape index (κ3) is 5.93. The van der Waals surface area contributed by atoms with E-state index < -0.39 is 0 Å². The molecule has 1 rings (SSSR count). The maximum atomic E-state index is 3.67. The van der Waals surface area contributed by atoms with Gasteiger partial charge in [-0.1, -0.05) is 6.07 Å². The fourth-order valence-corrected chi connectivity index (χ4v) is 0.299. The van der Waals surface area contributed by atoms with E-state index in [0.29, 0.717) is 0 Å². The molecule has 47 valence electrons. The molecule has 0 saturated heterocycles. The summed E-state index contributed by atoms with van der Waals surface area (Å²) in [5.74, 6) is 0. The van der Waals surface area contributed by atoms with Crippen LogP contribution in [0.2, 0.25) is 0 Å². The molecule has 3 heteroatoms. The van der Waals surface area contributed by atoms with Crippen LogP contribution in [-0.2, 0) is 32.7 Å². The third-order valence-electron chi connectivity index (χ3n) is 0.598. The molecule has 0 saturated carbocycles. The predicted molar refractivity (Wildman–Crippen MR) is 33.5 cm³/mol. The van der Waals surface area contributed by atoms with Gasteiger partial charge in [0.15, 0.2) is 0 Å². The summed E-state index contributed by atoms with van der Waals surface area (Å²) >= 11 is 0. The minimum absolute atomic E-state index is 0. The molecule has 0 aliphatic rings. The Hall–Kier alpha value is 0.0539. The molecule has 0 aliphatic heterocycles. The van der Waals surface area contributed by atoms with Gasteiger partial charge in [-0.3, -0.25) is 0 Å². The van der Waals surface area contributed by atoms with Crippen molar-refractivity contribution in [3.05, 3.63) is 31.1 Å². The fraction of sp³-hybridized carbons (Fsp3) is 0.167. The van der Waals surface area contributed by atoms with Crippen molar-refractivity contribution in [2.45, 2.75) is 6.92 Å². The van der Waals surface area contributed by atoms with Crippen LogP contribution in [0.3, 0.4) is 0 Å². The van der Waals surface area contributed by atoms with Gasteiger partial charge < -0.3 is 10.2 Å². The summed E-state index contributed by atoms with van der Waals surface area (Å²) in [5, 5.41) is 7.24. The van der Waals surface area contributed by atoms with Crippen LogP contribution >= 0.6 is 0 Å². The van der Waals surface area contributed by atoms with Gasteiger partial charge in [0.25, 0.3) is 0 Å². The van der Waals surface area contributed by atoms with Crippen molar-refractivity contribution in [1.29, 1.82) is 0 Å². The largest absolute Gasteiger partial charge is 0.582 e. The first-order valence-corrected chi connectivity index (χ1v) is 2.30. The predicted octanol–water partition coefficient (Wildman–Crippen LogP) is 1.15. The zero-order chi connectivity index (χ0) is 6.41. The molecule has 1 aromatic heterocycles. The Bertz CT molecular complexity index is 126. The molecule has 9 heavy (non-hydrogen) atoms. The van der Waals surface area contributed by atoms with Gasteiger partial charge in [-0.25, -0.2) is 0 Å². The summed E-state index contributed by atoms with van der Waals surface area (Å²) in [6.45, 7) is 7.91. The standard InChI is InChI=1S/C4H5N2.C2H4.Y/c1-4-2-3-5-6-4;1-2;/h2-3H,1H3;1-2H2;/q-1;;. The van der Waals surface area contributed by atoms with E-state index in [0.717, 1.165) is 5.69 Å². The molecule has 1 radical (unpaired) electrons. The van der Waals surface area contributed by atoms with E-state index in [9.17, 15) is 0 Å². The number of rotatable bonds is 0. The van der Waals surface area contributed by atoms with Crippen molar-refractivity contribution in [1.82, 2.24) is 10.2 Å². The monoisotopic (exact) mass is 198 g/mol. The molecule has 0 aromatic carbocycles. The third-order valence-corrected chi connectivity index (χ3v) is 0.598. The Labute approximate surface area is 80.6 Å². The van der Waals surface area contributed by atoms with E-state index in [4.69, 9.17) is 0 Å². The van der Waals surface area contributed by atoms with Crippen molar-refractivity contribution in [2.75, 3.05) is 0 Å². The quantitative estimate of drug-likeness (QED) is 0.584. The summed E-state index contributed by atoms with van der Waals surface area (Å²) in [6.07, 6.45) is 1.68. The first-order valence-electron chi connectivity index (χ1n) is 2.30. The molecule has 0 atom stereocenters. The van der Waals surface area contributed by atoms with E-state index in [1.165, 1.54) is 0 Å².